The lowest BCUT2D eigenvalue weighted by atomic mass is 10.3. The third-order valence-electron chi connectivity index (χ3n) is 1.44. The van der Waals surface area contributed by atoms with E-state index in [4.69, 9.17) is 11.6 Å². The third kappa shape index (κ3) is 6.43. The van der Waals surface area contributed by atoms with Crippen molar-refractivity contribution in [1.82, 2.24) is 10.2 Å². The second-order valence-corrected chi connectivity index (χ2v) is 3.72. The van der Waals surface area contributed by atoms with Gasteiger partial charge in [0.05, 0.1) is 0 Å². The fraction of sp³-hybridized carbons (Fsp3) is 0.875. The van der Waals surface area contributed by atoms with Crippen LogP contribution in [0.5, 0.6) is 0 Å². The SMILES string of the molecule is CC(Cl)C(=O)NCCCN(C)C. The average Bonchev–Trinajstić information content (AvgIpc) is 1.97. The maximum Gasteiger partial charge on any atom is 0.237 e. The van der Waals surface area contributed by atoms with Crippen molar-refractivity contribution in [3.05, 3.63) is 0 Å². The number of carbonyl (C=O) groups is 1. The summed E-state index contributed by atoms with van der Waals surface area (Å²) in [5, 5.41) is 2.31. The van der Waals surface area contributed by atoms with Gasteiger partial charge in [-0.25, -0.2) is 0 Å². The van der Waals surface area contributed by atoms with E-state index in [0.717, 1.165) is 13.0 Å². The summed E-state index contributed by atoms with van der Waals surface area (Å²) >= 11 is 5.55. The van der Waals surface area contributed by atoms with Gasteiger partial charge in [0, 0.05) is 6.54 Å². The van der Waals surface area contributed by atoms with Crippen LogP contribution in [0.1, 0.15) is 13.3 Å². The van der Waals surface area contributed by atoms with E-state index >= 15 is 0 Å². The highest BCUT2D eigenvalue weighted by molar-refractivity contribution is 6.30. The Hall–Kier alpha value is -0.280. The normalized spacial score (nSPS) is 13.1. The standard InChI is InChI=1S/C8H17ClN2O/c1-7(9)8(12)10-5-4-6-11(2)3/h7H,4-6H2,1-3H3,(H,10,12). The zero-order valence-electron chi connectivity index (χ0n) is 7.93. The molecule has 1 N–H and O–H groups in total. The fourth-order valence-electron chi connectivity index (χ4n) is 0.748. The number of nitrogens with zero attached hydrogens (tertiary/aromatic N) is 1. The van der Waals surface area contributed by atoms with Gasteiger partial charge in [-0.15, -0.1) is 11.6 Å². The van der Waals surface area contributed by atoms with Crippen molar-refractivity contribution in [3.8, 4) is 0 Å². The summed E-state index contributed by atoms with van der Waals surface area (Å²) in [4.78, 5) is 13.0. The second kappa shape index (κ2) is 6.26. The summed E-state index contributed by atoms with van der Waals surface area (Å²) in [7, 11) is 4.01. The number of amides is 1. The molecule has 72 valence electrons. The molecule has 1 unspecified atom stereocenters. The van der Waals surface area contributed by atoms with Crippen molar-refractivity contribution in [1.29, 1.82) is 0 Å². The van der Waals surface area contributed by atoms with Gasteiger partial charge in [-0.2, -0.15) is 0 Å². The lowest BCUT2D eigenvalue weighted by Crippen LogP contribution is -2.31. The highest BCUT2D eigenvalue weighted by atomic mass is 35.5. The molecule has 0 aromatic heterocycles. The van der Waals surface area contributed by atoms with Crippen molar-refractivity contribution in [2.75, 3.05) is 27.2 Å². The topological polar surface area (TPSA) is 32.3 Å². The Bertz CT molecular complexity index is 137. The van der Waals surface area contributed by atoms with E-state index < -0.39 is 5.38 Å². The Morgan fingerprint density at radius 2 is 2.17 bits per heavy atom. The van der Waals surface area contributed by atoms with E-state index in [0.29, 0.717) is 6.54 Å². The van der Waals surface area contributed by atoms with Gasteiger partial charge in [0.15, 0.2) is 0 Å². The van der Waals surface area contributed by atoms with Crippen molar-refractivity contribution < 1.29 is 4.79 Å². The zero-order valence-corrected chi connectivity index (χ0v) is 8.69. The molecule has 0 saturated carbocycles. The quantitative estimate of drug-likeness (QED) is 0.514. The van der Waals surface area contributed by atoms with Gasteiger partial charge in [-0.1, -0.05) is 0 Å². The van der Waals surface area contributed by atoms with Crippen LogP contribution in [0.2, 0.25) is 0 Å². The van der Waals surface area contributed by atoms with Crippen LogP contribution in [0.3, 0.4) is 0 Å². The molecule has 0 saturated heterocycles. The Labute approximate surface area is 79.1 Å². The van der Waals surface area contributed by atoms with Crippen molar-refractivity contribution in [2.24, 2.45) is 0 Å². The van der Waals surface area contributed by atoms with Crippen molar-refractivity contribution in [2.45, 2.75) is 18.7 Å². The minimum Gasteiger partial charge on any atom is -0.355 e. The number of hydrogen-bond acceptors (Lipinski definition) is 2. The molecular formula is C8H17ClN2O. The number of carbonyl (C=O) groups excluding carboxylic acids is 1. The van der Waals surface area contributed by atoms with Gasteiger partial charge in [0.1, 0.15) is 5.38 Å². The Kier molecular flexibility index (Phi) is 6.11. The molecule has 0 aliphatic heterocycles. The molecule has 0 radical (unpaired) electrons. The van der Waals surface area contributed by atoms with Crippen LogP contribution >= 0.6 is 11.6 Å². The van der Waals surface area contributed by atoms with E-state index in [9.17, 15) is 4.79 Å². The lowest BCUT2D eigenvalue weighted by molar-refractivity contribution is -0.120. The van der Waals surface area contributed by atoms with Crippen molar-refractivity contribution >= 4 is 17.5 Å². The van der Waals surface area contributed by atoms with Gasteiger partial charge in [0.2, 0.25) is 5.91 Å². The number of rotatable bonds is 5. The van der Waals surface area contributed by atoms with E-state index in [1.54, 1.807) is 6.92 Å². The number of alkyl halides is 1. The largest absolute Gasteiger partial charge is 0.355 e. The van der Waals surface area contributed by atoms with Crippen LogP contribution in [-0.4, -0.2) is 43.4 Å². The molecule has 0 fully saturated rings. The van der Waals surface area contributed by atoms with Crippen LogP contribution in [0, 0.1) is 0 Å². The molecule has 0 bridgehead atoms. The Morgan fingerprint density at radius 3 is 2.58 bits per heavy atom. The first-order valence-electron chi connectivity index (χ1n) is 4.10. The lowest BCUT2D eigenvalue weighted by Gasteiger charge is -2.10. The van der Waals surface area contributed by atoms with E-state index in [1.807, 2.05) is 14.1 Å². The molecule has 0 spiro atoms. The highest BCUT2D eigenvalue weighted by Gasteiger charge is 2.06. The first-order chi connectivity index (χ1) is 5.54. The van der Waals surface area contributed by atoms with E-state index in [2.05, 4.69) is 10.2 Å². The first-order valence-corrected chi connectivity index (χ1v) is 4.54. The summed E-state index contributed by atoms with van der Waals surface area (Å²) < 4.78 is 0. The monoisotopic (exact) mass is 192 g/mol. The number of nitrogens with one attached hydrogen (secondary N) is 1. The van der Waals surface area contributed by atoms with E-state index in [-0.39, 0.29) is 5.91 Å². The predicted molar refractivity (Wildman–Crippen MR) is 51.5 cm³/mol. The highest BCUT2D eigenvalue weighted by Crippen LogP contribution is 1.92. The molecule has 0 rings (SSSR count). The minimum atomic E-state index is -0.427. The fourth-order valence-corrected chi connectivity index (χ4v) is 0.825. The summed E-state index contributed by atoms with van der Waals surface area (Å²) in [5.74, 6) is -0.0876. The zero-order chi connectivity index (χ0) is 9.56. The van der Waals surface area contributed by atoms with Crippen LogP contribution in [0.4, 0.5) is 0 Å². The molecule has 0 aliphatic carbocycles. The maximum atomic E-state index is 10.9. The molecule has 1 amide bonds. The van der Waals surface area contributed by atoms with Gasteiger partial charge >= 0.3 is 0 Å². The summed E-state index contributed by atoms with van der Waals surface area (Å²) in [6, 6.07) is 0. The van der Waals surface area contributed by atoms with Gasteiger partial charge < -0.3 is 10.2 Å². The summed E-state index contributed by atoms with van der Waals surface area (Å²) in [6.45, 7) is 3.36. The smallest absolute Gasteiger partial charge is 0.237 e. The number of hydrogen-bond donors (Lipinski definition) is 1. The molecule has 12 heavy (non-hydrogen) atoms. The maximum absolute atomic E-state index is 10.9. The Balaban J connectivity index is 3.26. The van der Waals surface area contributed by atoms with Crippen LogP contribution < -0.4 is 5.32 Å². The van der Waals surface area contributed by atoms with Crippen molar-refractivity contribution in [3.63, 3.8) is 0 Å². The first kappa shape index (κ1) is 11.7. The molecule has 1 atom stereocenters. The van der Waals surface area contributed by atoms with E-state index in [1.165, 1.54) is 0 Å². The molecule has 0 aromatic rings. The summed E-state index contributed by atoms with van der Waals surface area (Å²) in [5.41, 5.74) is 0. The molecule has 0 heterocycles. The number of halogens is 1. The molecular weight excluding hydrogens is 176 g/mol. The third-order valence-corrected chi connectivity index (χ3v) is 1.64. The van der Waals surface area contributed by atoms with Gasteiger partial charge in [-0.3, -0.25) is 4.79 Å². The molecule has 0 aliphatic rings. The van der Waals surface area contributed by atoms with Gasteiger partial charge in [-0.05, 0) is 34.0 Å². The van der Waals surface area contributed by atoms with Gasteiger partial charge in [0.25, 0.3) is 0 Å². The Morgan fingerprint density at radius 1 is 1.58 bits per heavy atom. The summed E-state index contributed by atoms with van der Waals surface area (Å²) in [6.07, 6.45) is 0.961. The molecule has 4 heteroatoms. The second-order valence-electron chi connectivity index (χ2n) is 3.06. The molecule has 3 nitrogen and oxygen atoms in total. The predicted octanol–water partition coefficient (Wildman–Crippen LogP) is 0.682. The minimum absolute atomic E-state index is 0.0876. The average molecular weight is 193 g/mol. The van der Waals surface area contributed by atoms with Crippen LogP contribution in [-0.2, 0) is 4.79 Å². The van der Waals surface area contributed by atoms with Crippen LogP contribution in [0.15, 0.2) is 0 Å². The molecule has 0 aromatic carbocycles. The van der Waals surface area contributed by atoms with Crippen LogP contribution in [0.25, 0.3) is 0 Å².